The van der Waals surface area contributed by atoms with E-state index in [1.807, 2.05) is 37.4 Å². The number of rotatable bonds is 3. The molecule has 2 amide bonds. The summed E-state index contributed by atoms with van der Waals surface area (Å²) in [5.41, 5.74) is 2.46. The Hall–Kier alpha value is -1.86. The molecule has 120 valence electrons. The number of aryl methyl sites for hydroxylation is 1. The molecule has 2 heterocycles. The molecule has 0 spiro atoms. The molecule has 0 unspecified atom stereocenters. The molecule has 2 aromatic rings. The van der Waals surface area contributed by atoms with E-state index >= 15 is 0 Å². The van der Waals surface area contributed by atoms with E-state index in [4.69, 9.17) is 0 Å². The van der Waals surface area contributed by atoms with Gasteiger partial charge >= 0.3 is 0 Å². The normalized spacial score (nSPS) is 15.1. The van der Waals surface area contributed by atoms with Gasteiger partial charge in [0, 0.05) is 24.2 Å². The number of aromatic nitrogens is 1. The van der Waals surface area contributed by atoms with Crippen LogP contribution in [0.25, 0.3) is 0 Å². The average molecular weight is 347 g/mol. The van der Waals surface area contributed by atoms with Crippen LogP contribution in [0.1, 0.15) is 16.1 Å². The van der Waals surface area contributed by atoms with Crippen LogP contribution < -0.4 is 4.90 Å². The van der Waals surface area contributed by atoms with Crippen LogP contribution in [0, 0.1) is 6.92 Å². The molecule has 0 N–H and O–H groups in total. The molecule has 1 aromatic heterocycles. The maximum absolute atomic E-state index is 12.5. The van der Waals surface area contributed by atoms with Crippen LogP contribution in [0.5, 0.6) is 0 Å². The average Bonchev–Trinajstić information content (AvgIpc) is 3.04. The van der Waals surface area contributed by atoms with Gasteiger partial charge in [-0.15, -0.1) is 11.3 Å². The molecule has 5 nitrogen and oxygen atoms in total. The van der Waals surface area contributed by atoms with Crippen molar-refractivity contribution in [3.63, 3.8) is 0 Å². The highest BCUT2D eigenvalue weighted by Crippen LogP contribution is 2.22. The predicted molar refractivity (Wildman–Crippen MR) is 93.3 cm³/mol. The van der Waals surface area contributed by atoms with E-state index in [-0.39, 0.29) is 18.4 Å². The van der Waals surface area contributed by atoms with Gasteiger partial charge in [0.15, 0.2) is 0 Å². The summed E-state index contributed by atoms with van der Waals surface area (Å²) in [7, 11) is 0. The van der Waals surface area contributed by atoms with E-state index in [0.29, 0.717) is 18.8 Å². The minimum absolute atomic E-state index is 0.0613. The number of piperazine rings is 1. The zero-order valence-electron chi connectivity index (χ0n) is 13.0. The highest BCUT2D eigenvalue weighted by Gasteiger charge is 2.29. The van der Waals surface area contributed by atoms with Crippen molar-refractivity contribution >= 4 is 40.6 Å². The number of benzene rings is 1. The maximum atomic E-state index is 12.5. The summed E-state index contributed by atoms with van der Waals surface area (Å²) in [6.45, 7) is 3.13. The number of anilines is 1. The Balaban J connectivity index is 1.69. The van der Waals surface area contributed by atoms with Crippen molar-refractivity contribution in [3.8, 4) is 0 Å². The summed E-state index contributed by atoms with van der Waals surface area (Å²) >= 11 is 2.96. The topological polar surface area (TPSA) is 53.5 Å². The van der Waals surface area contributed by atoms with Crippen molar-refractivity contribution in [2.24, 2.45) is 0 Å². The molecule has 23 heavy (non-hydrogen) atoms. The van der Waals surface area contributed by atoms with Crippen molar-refractivity contribution in [1.82, 2.24) is 9.88 Å². The first-order chi connectivity index (χ1) is 11.1. The number of carbonyl (C=O) groups excluding carboxylic acids is 2. The lowest BCUT2D eigenvalue weighted by atomic mass is 10.2. The fourth-order valence-corrected chi connectivity index (χ4v) is 3.69. The lowest BCUT2D eigenvalue weighted by Gasteiger charge is -2.34. The lowest BCUT2D eigenvalue weighted by molar-refractivity contribution is -0.120. The largest absolute Gasteiger partial charge is 0.326 e. The van der Waals surface area contributed by atoms with E-state index in [9.17, 15) is 9.59 Å². The fourth-order valence-electron chi connectivity index (χ4n) is 2.46. The monoisotopic (exact) mass is 347 g/mol. The minimum Gasteiger partial charge on any atom is -0.326 e. The molecular weight excluding hydrogens is 330 g/mol. The van der Waals surface area contributed by atoms with Gasteiger partial charge in [-0.25, -0.2) is 4.98 Å². The van der Waals surface area contributed by atoms with Gasteiger partial charge in [-0.2, -0.15) is 0 Å². The Kier molecular flexibility index (Phi) is 4.68. The van der Waals surface area contributed by atoms with Crippen molar-refractivity contribution < 1.29 is 9.59 Å². The third-order valence-electron chi connectivity index (χ3n) is 3.73. The second kappa shape index (κ2) is 6.72. The number of hydrogen-bond donors (Lipinski definition) is 0. The Labute approximate surface area is 143 Å². The molecule has 0 bridgehead atoms. The zero-order chi connectivity index (χ0) is 16.4. The van der Waals surface area contributed by atoms with Gasteiger partial charge < -0.3 is 9.80 Å². The van der Waals surface area contributed by atoms with Crippen LogP contribution >= 0.6 is 23.1 Å². The molecule has 1 fully saturated rings. The van der Waals surface area contributed by atoms with Gasteiger partial charge in [-0.05, 0) is 25.3 Å². The summed E-state index contributed by atoms with van der Waals surface area (Å²) in [5.74, 6) is -0.229. The molecule has 0 saturated carbocycles. The SMILES string of the molecule is CSc1nc(C(=O)N2CCN(c3ccc(C)cc3)C(=O)C2)cs1. The predicted octanol–water partition coefficient (Wildman–Crippen LogP) is 2.66. The number of nitrogens with zero attached hydrogens (tertiary/aromatic N) is 3. The van der Waals surface area contributed by atoms with Crippen molar-refractivity contribution in [1.29, 1.82) is 0 Å². The summed E-state index contributed by atoms with van der Waals surface area (Å²) in [5, 5.41) is 1.75. The van der Waals surface area contributed by atoms with Crippen LogP contribution in [-0.4, -0.2) is 47.6 Å². The van der Waals surface area contributed by atoms with E-state index in [0.717, 1.165) is 15.6 Å². The third-order valence-corrected chi connectivity index (χ3v) is 5.59. The zero-order valence-corrected chi connectivity index (χ0v) is 14.6. The van der Waals surface area contributed by atoms with Crippen LogP contribution in [-0.2, 0) is 4.79 Å². The number of hydrogen-bond acceptors (Lipinski definition) is 5. The van der Waals surface area contributed by atoms with Crippen molar-refractivity contribution in [2.75, 3.05) is 30.8 Å². The minimum atomic E-state index is -0.168. The Morgan fingerprint density at radius 1 is 1.26 bits per heavy atom. The van der Waals surface area contributed by atoms with E-state index in [1.54, 1.807) is 15.2 Å². The number of thioether (sulfide) groups is 1. The van der Waals surface area contributed by atoms with Crippen molar-refractivity contribution in [2.45, 2.75) is 11.3 Å². The van der Waals surface area contributed by atoms with E-state index in [2.05, 4.69) is 4.98 Å². The molecule has 0 aliphatic carbocycles. The van der Waals surface area contributed by atoms with Gasteiger partial charge in [-0.3, -0.25) is 9.59 Å². The highest BCUT2D eigenvalue weighted by molar-refractivity contribution is 8.00. The van der Waals surface area contributed by atoms with E-state index < -0.39 is 0 Å². The molecule has 1 saturated heterocycles. The second-order valence-electron chi connectivity index (χ2n) is 5.31. The van der Waals surface area contributed by atoms with Gasteiger partial charge in [0.25, 0.3) is 5.91 Å². The molecule has 1 aliphatic heterocycles. The molecule has 7 heteroatoms. The molecule has 0 atom stereocenters. The van der Waals surface area contributed by atoms with Crippen LogP contribution in [0.15, 0.2) is 34.0 Å². The lowest BCUT2D eigenvalue weighted by Crippen LogP contribution is -2.52. The second-order valence-corrected chi connectivity index (χ2v) is 7.22. The van der Waals surface area contributed by atoms with Crippen LogP contribution in [0.3, 0.4) is 0 Å². The number of amides is 2. The fraction of sp³-hybridized carbons (Fsp3) is 0.312. The first kappa shape index (κ1) is 16.0. The van der Waals surface area contributed by atoms with E-state index in [1.165, 1.54) is 23.1 Å². The Morgan fingerprint density at radius 3 is 2.61 bits per heavy atom. The Bertz CT molecular complexity index is 727. The van der Waals surface area contributed by atoms with Gasteiger partial charge in [-0.1, -0.05) is 29.5 Å². The van der Waals surface area contributed by atoms with Crippen LogP contribution in [0.2, 0.25) is 0 Å². The highest BCUT2D eigenvalue weighted by atomic mass is 32.2. The van der Waals surface area contributed by atoms with Crippen LogP contribution in [0.4, 0.5) is 5.69 Å². The molecular formula is C16H17N3O2S2. The van der Waals surface area contributed by atoms with Gasteiger partial charge in [0.1, 0.15) is 16.6 Å². The molecule has 0 radical (unpaired) electrons. The number of thiazole rings is 1. The summed E-state index contributed by atoms with van der Waals surface area (Å²) in [6.07, 6.45) is 1.93. The third kappa shape index (κ3) is 3.40. The summed E-state index contributed by atoms with van der Waals surface area (Å²) in [4.78, 5) is 32.4. The molecule has 3 rings (SSSR count). The van der Waals surface area contributed by atoms with Gasteiger partial charge in [0.2, 0.25) is 5.91 Å². The van der Waals surface area contributed by atoms with Crippen molar-refractivity contribution in [3.05, 3.63) is 40.9 Å². The smallest absolute Gasteiger partial charge is 0.273 e. The summed E-state index contributed by atoms with van der Waals surface area (Å²) < 4.78 is 0.859. The standard InChI is InChI=1S/C16H17N3O2S2/c1-11-3-5-12(6-4-11)19-8-7-18(9-14(19)20)15(21)13-10-23-16(17-13)22-2/h3-6,10H,7-9H2,1-2H3. The molecule has 1 aromatic carbocycles. The molecule has 1 aliphatic rings. The number of carbonyl (C=O) groups is 2. The van der Waals surface area contributed by atoms with Gasteiger partial charge in [0.05, 0.1) is 0 Å². The maximum Gasteiger partial charge on any atom is 0.273 e. The summed E-state index contributed by atoms with van der Waals surface area (Å²) in [6, 6.07) is 7.85. The Morgan fingerprint density at radius 2 is 2.00 bits per heavy atom. The first-order valence-corrected chi connectivity index (χ1v) is 9.35. The quantitative estimate of drug-likeness (QED) is 0.801. The first-order valence-electron chi connectivity index (χ1n) is 7.24.